The molecule has 1 saturated carbocycles. The van der Waals surface area contributed by atoms with Gasteiger partial charge in [-0.25, -0.2) is 0 Å². The van der Waals surface area contributed by atoms with E-state index in [0.29, 0.717) is 24.5 Å². The summed E-state index contributed by atoms with van der Waals surface area (Å²) in [4.78, 5) is 2.63. The fourth-order valence-electron chi connectivity index (χ4n) is 3.26. The first kappa shape index (κ1) is 14.5. The molecule has 1 atom stereocenters. The van der Waals surface area contributed by atoms with E-state index in [9.17, 15) is 0 Å². The topological polar surface area (TPSA) is 47.1 Å². The van der Waals surface area contributed by atoms with E-state index >= 15 is 0 Å². The smallest absolute Gasteiger partial charge is 0.0538 e. The van der Waals surface area contributed by atoms with Gasteiger partial charge >= 0.3 is 0 Å². The molecule has 0 radical (unpaired) electrons. The van der Waals surface area contributed by atoms with Crippen molar-refractivity contribution in [1.29, 1.82) is 0 Å². The highest BCUT2D eigenvalue weighted by atomic mass is 15.3. The molecule has 19 heavy (non-hydrogen) atoms. The molecule has 0 amide bonds. The van der Waals surface area contributed by atoms with E-state index in [2.05, 4.69) is 30.0 Å². The molecule has 1 aromatic heterocycles. The minimum atomic E-state index is 0.319. The summed E-state index contributed by atoms with van der Waals surface area (Å²) in [6, 6.07) is 1.02. The third kappa shape index (κ3) is 3.57. The summed E-state index contributed by atoms with van der Waals surface area (Å²) in [5, 5.41) is 4.31. The lowest BCUT2D eigenvalue weighted by Crippen LogP contribution is -2.42. The van der Waals surface area contributed by atoms with Gasteiger partial charge in [-0.1, -0.05) is 26.7 Å². The first-order valence-corrected chi connectivity index (χ1v) is 7.56. The quantitative estimate of drug-likeness (QED) is 0.858. The van der Waals surface area contributed by atoms with Gasteiger partial charge in [-0.3, -0.25) is 9.58 Å². The van der Waals surface area contributed by atoms with Crippen molar-refractivity contribution in [3.8, 4) is 0 Å². The molecule has 0 aromatic carbocycles. The Morgan fingerprint density at radius 2 is 2.11 bits per heavy atom. The van der Waals surface area contributed by atoms with Crippen molar-refractivity contribution in [2.24, 2.45) is 18.7 Å². The maximum atomic E-state index is 6.08. The zero-order valence-electron chi connectivity index (χ0n) is 12.5. The number of hydrogen-bond donors (Lipinski definition) is 1. The van der Waals surface area contributed by atoms with Crippen molar-refractivity contribution in [2.45, 2.75) is 51.6 Å². The highest BCUT2D eigenvalue weighted by Crippen LogP contribution is 2.31. The second kappa shape index (κ2) is 6.53. The highest BCUT2D eigenvalue weighted by molar-refractivity contribution is 5.12. The van der Waals surface area contributed by atoms with Crippen molar-refractivity contribution >= 4 is 0 Å². The van der Waals surface area contributed by atoms with Crippen LogP contribution in [0.4, 0.5) is 0 Å². The molecule has 1 unspecified atom stereocenters. The summed E-state index contributed by atoms with van der Waals surface area (Å²) in [6.45, 7) is 6.38. The van der Waals surface area contributed by atoms with Gasteiger partial charge in [0.05, 0.1) is 12.2 Å². The van der Waals surface area contributed by atoms with Crippen LogP contribution in [0.2, 0.25) is 0 Å². The second-order valence-corrected chi connectivity index (χ2v) is 6.23. The fourth-order valence-corrected chi connectivity index (χ4v) is 3.26. The van der Waals surface area contributed by atoms with E-state index < -0.39 is 0 Å². The van der Waals surface area contributed by atoms with Gasteiger partial charge in [-0.2, -0.15) is 5.10 Å². The van der Waals surface area contributed by atoms with Crippen LogP contribution in [-0.4, -0.2) is 33.8 Å². The molecule has 108 valence electrons. The molecule has 0 spiro atoms. The minimum absolute atomic E-state index is 0.319. The lowest BCUT2D eigenvalue weighted by Gasteiger charge is -2.36. The van der Waals surface area contributed by atoms with Crippen LogP contribution in [-0.2, 0) is 7.05 Å². The summed E-state index contributed by atoms with van der Waals surface area (Å²) in [6.07, 6.45) is 9.46. The number of nitrogens with zero attached hydrogens (tertiary/aromatic N) is 3. The van der Waals surface area contributed by atoms with E-state index in [-0.39, 0.29) is 0 Å². The maximum absolute atomic E-state index is 6.08. The largest absolute Gasteiger partial charge is 0.329 e. The van der Waals surface area contributed by atoms with Crippen molar-refractivity contribution in [3.63, 3.8) is 0 Å². The molecule has 1 heterocycles. The van der Waals surface area contributed by atoms with Crippen LogP contribution in [0, 0.1) is 5.92 Å². The average Bonchev–Trinajstić information content (AvgIpc) is 2.99. The molecule has 0 saturated heterocycles. The number of aromatic nitrogens is 2. The van der Waals surface area contributed by atoms with Crippen molar-refractivity contribution in [3.05, 3.63) is 18.0 Å². The molecule has 1 aliphatic rings. The Bertz CT molecular complexity index is 379. The first-order valence-electron chi connectivity index (χ1n) is 7.56. The van der Waals surface area contributed by atoms with Gasteiger partial charge in [0.15, 0.2) is 0 Å². The van der Waals surface area contributed by atoms with Crippen LogP contribution in [0.3, 0.4) is 0 Å². The average molecular weight is 264 g/mol. The molecular weight excluding hydrogens is 236 g/mol. The molecule has 4 nitrogen and oxygen atoms in total. The fraction of sp³-hybridized carbons (Fsp3) is 0.800. The van der Waals surface area contributed by atoms with Crippen LogP contribution in [0.5, 0.6) is 0 Å². The molecule has 0 aliphatic heterocycles. The Kier molecular flexibility index (Phi) is 4.99. The first-order chi connectivity index (χ1) is 9.11. The van der Waals surface area contributed by atoms with Gasteiger partial charge in [0.1, 0.15) is 0 Å². The number of aryl methyl sites for hydroxylation is 1. The Balaban J connectivity index is 2.18. The molecule has 2 rings (SSSR count). The molecule has 4 heteroatoms. The summed E-state index contributed by atoms with van der Waals surface area (Å²) >= 11 is 0. The summed E-state index contributed by atoms with van der Waals surface area (Å²) in [7, 11) is 1.97. The van der Waals surface area contributed by atoms with E-state index in [4.69, 9.17) is 5.73 Å². The third-order valence-corrected chi connectivity index (χ3v) is 4.10. The summed E-state index contributed by atoms with van der Waals surface area (Å²) < 4.78 is 1.88. The van der Waals surface area contributed by atoms with Crippen LogP contribution in [0.15, 0.2) is 12.4 Å². The molecule has 1 fully saturated rings. The zero-order valence-corrected chi connectivity index (χ0v) is 12.5. The Labute approximate surface area is 117 Å². The van der Waals surface area contributed by atoms with Crippen LogP contribution in [0.25, 0.3) is 0 Å². The molecule has 1 aromatic rings. The van der Waals surface area contributed by atoms with Crippen molar-refractivity contribution in [1.82, 2.24) is 14.7 Å². The Morgan fingerprint density at radius 1 is 1.42 bits per heavy atom. The third-order valence-electron chi connectivity index (χ3n) is 4.10. The predicted molar refractivity (Wildman–Crippen MR) is 78.8 cm³/mol. The lowest BCUT2D eigenvalue weighted by molar-refractivity contribution is 0.121. The lowest BCUT2D eigenvalue weighted by atomic mass is 10.0. The van der Waals surface area contributed by atoms with E-state index in [1.807, 2.05) is 17.9 Å². The van der Waals surface area contributed by atoms with Gasteiger partial charge < -0.3 is 5.73 Å². The summed E-state index contributed by atoms with van der Waals surface area (Å²) in [5.74, 6) is 0.673. The maximum Gasteiger partial charge on any atom is 0.0538 e. The van der Waals surface area contributed by atoms with Crippen molar-refractivity contribution < 1.29 is 0 Å². The van der Waals surface area contributed by atoms with Gasteiger partial charge in [-0.05, 0) is 18.8 Å². The van der Waals surface area contributed by atoms with E-state index in [1.165, 1.54) is 31.2 Å². The van der Waals surface area contributed by atoms with Gasteiger partial charge in [-0.15, -0.1) is 0 Å². The normalized spacial score (nSPS) is 18.6. The monoisotopic (exact) mass is 264 g/mol. The van der Waals surface area contributed by atoms with Gasteiger partial charge in [0.2, 0.25) is 0 Å². The minimum Gasteiger partial charge on any atom is -0.329 e. The van der Waals surface area contributed by atoms with Crippen molar-refractivity contribution in [2.75, 3.05) is 13.1 Å². The van der Waals surface area contributed by atoms with Crippen LogP contribution in [0.1, 0.15) is 51.1 Å². The predicted octanol–water partition coefficient (Wildman–Crippen LogP) is 2.32. The standard InChI is InChI=1S/C15H28N4/c1-12(2)10-19(14-6-4-5-7-14)15(8-16)13-9-17-18(3)11-13/h9,11-12,14-15H,4-8,10,16H2,1-3H3. The number of hydrogen-bond acceptors (Lipinski definition) is 3. The number of rotatable bonds is 6. The van der Waals surface area contributed by atoms with E-state index in [1.54, 1.807) is 0 Å². The van der Waals surface area contributed by atoms with Crippen LogP contribution >= 0.6 is 0 Å². The second-order valence-electron chi connectivity index (χ2n) is 6.23. The van der Waals surface area contributed by atoms with Crippen LogP contribution < -0.4 is 5.73 Å². The molecule has 1 aliphatic carbocycles. The van der Waals surface area contributed by atoms with Gasteiger partial charge in [0.25, 0.3) is 0 Å². The molecular formula is C15H28N4. The molecule has 2 N–H and O–H groups in total. The molecule has 0 bridgehead atoms. The highest BCUT2D eigenvalue weighted by Gasteiger charge is 2.29. The zero-order chi connectivity index (χ0) is 13.8. The summed E-state index contributed by atoms with van der Waals surface area (Å²) in [5.41, 5.74) is 7.34. The number of nitrogens with two attached hydrogens (primary N) is 1. The Hall–Kier alpha value is -0.870. The van der Waals surface area contributed by atoms with Gasteiger partial charge in [0, 0.05) is 37.9 Å². The Morgan fingerprint density at radius 3 is 2.58 bits per heavy atom. The SMILES string of the molecule is CC(C)CN(C1CCCC1)C(CN)c1cnn(C)c1. The van der Waals surface area contributed by atoms with E-state index in [0.717, 1.165) is 6.54 Å².